The van der Waals surface area contributed by atoms with Crippen LogP contribution in [0.3, 0.4) is 0 Å². The van der Waals surface area contributed by atoms with Gasteiger partial charge in [-0.05, 0) is 19.3 Å². The molecule has 8 heteroatoms. The summed E-state index contributed by atoms with van der Waals surface area (Å²) in [6.45, 7) is 6.39. The van der Waals surface area contributed by atoms with Crippen LogP contribution >= 0.6 is 0 Å². The van der Waals surface area contributed by atoms with Crippen LogP contribution in [-0.4, -0.2) is 79.4 Å². The van der Waals surface area contributed by atoms with Crippen molar-refractivity contribution in [2.45, 2.75) is 33.1 Å². The summed E-state index contributed by atoms with van der Waals surface area (Å²) >= 11 is 0. The van der Waals surface area contributed by atoms with Gasteiger partial charge in [0.05, 0.1) is 5.75 Å². The number of amides is 2. The van der Waals surface area contributed by atoms with Gasteiger partial charge in [0.15, 0.2) is 0 Å². The molecule has 2 aliphatic heterocycles. The standard InChI is InChI=1S/C15H27N3O4S/c1-3-12-23(21,22)18-10-8-17(9-11-18)15(20)14-4-6-16(7-5-14)13(2)19/h14H,3-12H2,1-2H3. The minimum atomic E-state index is -3.17. The van der Waals surface area contributed by atoms with E-state index >= 15 is 0 Å². The van der Waals surface area contributed by atoms with Crippen LogP contribution in [0.15, 0.2) is 0 Å². The molecule has 0 aromatic carbocycles. The molecule has 0 spiro atoms. The SMILES string of the molecule is CCCS(=O)(=O)N1CCN(C(=O)C2CCN(C(C)=O)CC2)CC1. The smallest absolute Gasteiger partial charge is 0.225 e. The Labute approximate surface area is 138 Å². The highest BCUT2D eigenvalue weighted by Crippen LogP contribution is 2.21. The molecule has 0 unspecified atom stereocenters. The zero-order chi connectivity index (χ0) is 17.0. The van der Waals surface area contributed by atoms with E-state index in [1.54, 1.807) is 16.7 Å². The van der Waals surface area contributed by atoms with Gasteiger partial charge in [-0.3, -0.25) is 9.59 Å². The van der Waals surface area contributed by atoms with Crippen molar-refractivity contribution < 1.29 is 18.0 Å². The van der Waals surface area contributed by atoms with Gasteiger partial charge >= 0.3 is 0 Å². The van der Waals surface area contributed by atoms with Crippen LogP contribution in [-0.2, 0) is 19.6 Å². The van der Waals surface area contributed by atoms with Crippen molar-refractivity contribution in [3.05, 3.63) is 0 Å². The number of carbonyl (C=O) groups is 2. The first kappa shape index (κ1) is 18.2. The van der Waals surface area contributed by atoms with E-state index < -0.39 is 10.0 Å². The summed E-state index contributed by atoms with van der Waals surface area (Å²) in [6.07, 6.45) is 2.01. The number of hydrogen-bond donors (Lipinski definition) is 0. The third kappa shape index (κ3) is 4.44. The molecule has 0 atom stereocenters. The van der Waals surface area contributed by atoms with Crippen molar-refractivity contribution in [3.63, 3.8) is 0 Å². The Kier molecular flexibility index (Phi) is 6.02. The summed E-state index contributed by atoms with van der Waals surface area (Å²) in [5.74, 6) is 0.306. The van der Waals surface area contributed by atoms with Gasteiger partial charge in [0.25, 0.3) is 0 Å². The quantitative estimate of drug-likeness (QED) is 0.725. The molecule has 0 aliphatic carbocycles. The number of piperidine rings is 1. The highest BCUT2D eigenvalue weighted by atomic mass is 32.2. The van der Waals surface area contributed by atoms with Crippen LogP contribution in [0.25, 0.3) is 0 Å². The predicted octanol–water partition coefficient (Wildman–Crippen LogP) is 0.129. The summed E-state index contributed by atoms with van der Waals surface area (Å²) in [5.41, 5.74) is 0. The highest BCUT2D eigenvalue weighted by Gasteiger charge is 2.33. The molecule has 2 fully saturated rings. The van der Waals surface area contributed by atoms with Crippen molar-refractivity contribution in [2.75, 3.05) is 45.0 Å². The molecule has 0 saturated carbocycles. The van der Waals surface area contributed by atoms with Crippen molar-refractivity contribution >= 4 is 21.8 Å². The Morgan fingerprint density at radius 2 is 1.52 bits per heavy atom. The highest BCUT2D eigenvalue weighted by molar-refractivity contribution is 7.89. The molecule has 2 saturated heterocycles. The van der Waals surface area contributed by atoms with E-state index in [1.807, 2.05) is 6.92 Å². The molecule has 2 amide bonds. The maximum Gasteiger partial charge on any atom is 0.225 e. The molecule has 0 radical (unpaired) electrons. The molecule has 7 nitrogen and oxygen atoms in total. The third-order valence-corrected chi connectivity index (χ3v) is 6.77. The monoisotopic (exact) mass is 345 g/mol. The minimum absolute atomic E-state index is 0.0376. The fourth-order valence-electron chi connectivity index (χ4n) is 3.27. The second-order valence-electron chi connectivity index (χ2n) is 6.32. The Balaban J connectivity index is 1.84. The van der Waals surface area contributed by atoms with Gasteiger partial charge < -0.3 is 9.80 Å². The zero-order valence-electron chi connectivity index (χ0n) is 14.0. The number of likely N-dealkylation sites (tertiary alicyclic amines) is 1. The number of piperazine rings is 1. The van der Waals surface area contributed by atoms with Crippen LogP contribution in [0, 0.1) is 5.92 Å². The average Bonchev–Trinajstić information content (AvgIpc) is 2.54. The van der Waals surface area contributed by atoms with Crippen LogP contribution < -0.4 is 0 Å². The van der Waals surface area contributed by atoms with Gasteiger partial charge in [0.1, 0.15) is 0 Å². The maximum absolute atomic E-state index is 12.6. The first-order valence-corrected chi connectivity index (χ1v) is 9.98. The second-order valence-corrected chi connectivity index (χ2v) is 8.41. The fraction of sp³-hybridized carbons (Fsp3) is 0.867. The largest absolute Gasteiger partial charge is 0.343 e. The van der Waals surface area contributed by atoms with Gasteiger partial charge in [-0.15, -0.1) is 0 Å². The summed E-state index contributed by atoms with van der Waals surface area (Å²) < 4.78 is 25.6. The zero-order valence-corrected chi connectivity index (χ0v) is 14.8. The molecule has 132 valence electrons. The van der Waals surface area contributed by atoms with Crippen LogP contribution in [0.5, 0.6) is 0 Å². The predicted molar refractivity (Wildman–Crippen MR) is 87.2 cm³/mol. The van der Waals surface area contributed by atoms with Gasteiger partial charge in [0.2, 0.25) is 21.8 Å². The molecule has 23 heavy (non-hydrogen) atoms. The van der Waals surface area contributed by atoms with Gasteiger partial charge in [-0.2, -0.15) is 4.31 Å². The molecule has 2 aliphatic rings. The summed E-state index contributed by atoms with van der Waals surface area (Å²) in [6, 6.07) is 0. The van der Waals surface area contributed by atoms with E-state index in [0.29, 0.717) is 58.5 Å². The Morgan fingerprint density at radius 3 is 2.00 bits per heavy atom. The van der Waals surface area contributed by atoms with E-state index in [9.17, 15) is 18.0 Å². The van der Waals surface area contributed by atoms with E-state index in [-0.39, 0.29) is 23.5 Å². The van der Waals surface area contributed by atoms with Crippen LogP contribution in [0.4, 0.5) is 0 Å². The van der Waals surface area contributed by atoms with E-state index in [1.165, 1.54) is 4.31 Å². The lowest BCUT2D eigenvalue weighted by molar-refractivity contribution is -0.141. The minimum Gasteiger partial charge on any atom is -0.343 e. The average molecular weight is 345 g/mol. The van der Waals surface area contributed by atoms with E-state index in [0.717, 1.165) is 0 Å². The van der Waals surface area contributed by atoms with Crippen molar-refractivity contribution in [1.82, 2.24) is 14.1 Å². The molecule has 0 N–H and O–H groups in total. The Bertz CT molecular complexity index is 533. The first-order valence-electron chi connectivity index (χ1n) is 8.37. The van der Waals surface area contributed by atoms with Gasteiger partial charge in [0, 0.05) is 52.1 Å². The lowest BCUT2D eigenvalue weighted by Gasteiger charge is -2.38. The lowest BCUT2D eigenvalue weighted by atomic mass is 9.95. The van der Waals surface area contributed by atoms with Gasteiger partial charge in [-0.25, -0.2) is 8.42 Å². The normalized spacial score (nSPS) is 21.5. The summed E-state index contributed by atoms with van der Waals surface area (Å²) in [5, 5.41) is 0. The second kappa shape index (κ2) is 7.61. The number of rotatable bonds is 4. The number of carbonyl (C=O) groups excluding carboxylic acids is 2. The Morgan fingerprint density at radius 1 is 0.957 bits per heavy atom. The third-order valence-electron chi connectivity index (χ3n) is 4.70. The first-order chi connectivity index (χ1) is 10.8. The molecule has 0 aromatic rings. The van der Waals surface area contributed by atoms with E-state index in [4.69, 9.17) is 0 Å². The van der Waals surface area contributed by atoms with Crippen LogP contribution in [0.2, 0.25) is 0 Å². The molecule has 0 aromatic heterocycles. The topological polar surface area (TPSA) is 78.0 Å². The molecule has 2 rings (SSSR count). The molecule has 0 bridgehead atoms. The van der Waals surface area contributed by atoms with Crippen molar-refractivity contribution in [3.8, 4) is 0 Å². The number of sulfonamides is 1. The summed E-state index contributed by atoms with van der Waals surface area (Å²) in [4.78, 5) is 27.5. The summed E-state index contributed by atoms with van der Waals surface area (Å²) in [7, 11) is -3.17. The maximum atomic E-state index is 12.6. The fourth-order valence-corrected chi connectivity index (χ4v) is 4.77. The molecular weight excluding hydrogens is 318 g/mol. The van der Waals surface area contributed by atoms with Crippen molar-refractivity contribution in [1.29, 1.82) is 0 Å². The van der Waals surface area contributed by atoms with Crippen LogP contribution in [0.1, 0.15) is 33.1 Å². The molecular formula is C15H27N3O4S. The van der Waals surface area contributed by atoms with Gasteiger partial charge in [-0.1, -0.05) is 6.92 Å². The lowest BCUT2D eigenvalue weighted by Crippen LogP contribution is -2.53. The number of hydrogen-bond acceptors (Lipinski definition) is 4. The van der Waals surface area contributed by atoms with E-state index in [2.05, 4.69) is 0 Å². The number of nitrogens with zero attached hydrogens (tertiary/aromatic N) is 3. The molecule has 2 heterocycles. The Hall–Kier alpha value is -1.15. The van der Waals surface area contributed by atoms with Crippen molar-refractivity contribution in [2.24, 2.45) is 5.92 Å².